The SMILES string of the molecule is C=CCc1cc(C2CC2)ccc1C(C)(C)C. The van der Waals surface area contributed by atoms with Gasteiger partial charge < -0.3 is 0 Å². The van der Waals surface area contributed by atoms with Crippen LogP contribution in [0.25, 0.3) is 0 Å². The first-order chi connectivity index (χ1) is 7.52. The molecule has 1 fully saturated rings. The third-order valence-corrected chi connectivity index (χ3v) is 3.35. The predicted molar refractivity (Wildman–Crippen MR) is 71.0 cm³/mol. The molecule has 0 spiro atoms. The van der Waals surface area contributed by atoms with Crippen molar-refractivity contribution < 1.29 is 0 Å². The molecule has 2 rings (SSSR count). The smallest absolute Gasteiger partial charge is 0.00971 e. The van der Waals surface area contributed by atoms with E-state index in [1.54, 1.807) is 0 Å². The lowest BCUT2D eigenvalue weighted by Gasteiger charge is -2.23. The van der Waals surface area contributed by atoms with Crippen LogP contribution in [0.1, 0.15) is 56.2 Å². The van der Waals surface area contributed by atoms with Crippen molar-refractivity contribution in [2.75, 3.05) is 0 Å². The average molecular weight is 214 g/mol. The Balaban J connectivity index is 2.40. The molecule has 0 aliphatic heterocycles. The van der Waals surface area contributed by atoms with Gasteiger partial charge in [0.1, 0.15) is 0 Å². The summed E-state index contributed by atoms with van der Waals surface area (Å²) in [5.74, 6) is 0.845. The van der Waals surface area contributed by atoms with Crippen molar-refractivity contribution in [3.63, 3.8) is 0 Å². The van der Waals surface area contributed by atoms with Crippen LogP contribution in [0.15, 0.2) is 30.9 Å². The lowest BCUT2D eigenvalue weighted by atomic mass is 9.82. The van der Waals surface area contributed by atoms with E-state index in [4.69, 9.17) is 0 Å². The van der Waals surface area contributed by atoms with Crippen LogP contribution in [0.2, 0.25) is 0 Å². The van der Waals surface area contributed by atoms with E-state index in [9.17, 15) is 0 Å². The minimum atomic E-state index is 0.237. The van der Waals surface area contributed by atoms with E-state index in [-0.39, 0.29) is 5.41 Å². The van der Waals surface area contributed by atoms with Crippen LogP contribution in [0.5, 0.6) is 0 Å². The van der Waals surface area contributed by atoms with Crippen molar-refractivity contribution >= 4 is 0 Å². The van der Waals surface area contributed by atoms with Crippen molar-refractivity contribution in [1.82, 2.24) is 0 Å². The predicted octanol–water partition coefficient (Wildman–Crippen LogP) is 4.59. The van der Waals surface area contributed by atoms with E-state index in [1.165, 1.54) is 29.5 Å². The number of benzene rings is 1. The Kier molecular flexibility index (Phi) is 2.92. The summed E-state index contributed by atoms with van der Waals surface area (Å²) in [7, 11) is 0. The Bertz CT molecular complexity index is 389. The van der Waals surface area contributed by atoms with Crippen molar-refractivity contribution in [2.45, 2.75) is 51.4 Å². The molecule has 86 valence electrons. The molecule has 1 aliphatic rings. The normalized spacial score (nSPS) is 16.2. The molecule has 0 N–H and O–H groups in total. The van der Waals surface area contributed by atoms with Gasteiger partial charge in [0, 0.05) is 0 Å². The topological polar surface area (TPSA) is 0 Å². The van der Waals surface area contributed by atoms with Crippen molar-refractivity contribution in [3.8, 4) is 0 Å². The molecule has 1 aromatic rings. The highest BCUT2D eigenvalue weighted by atomic mass is 14.3. The Morgan fingerprint density at radius 3 is 2.50 bits per heavy atom. The van der Waals surface area contributed by atoms with E-state index >= 15 is 0 Å². The van der Waals surface area contributed by atoms with Gasteiger partial charge in [-0.2, -0.15) is 0 Å². The molecule has 1 aliphatic carbocycles. The first-order valence-corrected chi connectivity index (χ1v) is 6.26. The van der Waals surface area contributed by atoms with E-state index in [0.29, 0.717) is 0 Å². The van der Waals surface area contributed by atoms with E-state index in [2.05, 4.69) is 45.5 Å². The standard InChI is InChI=1S/C16H22/c1-5-6-14-11-13(12-7-8-12)9-10-15(14)16(2,3)4/h5,9-12H,1,6-8H2,2-4H3. The molecular weight excluding hydrogens is 192 g/mol. The van der Waals surface area contributed by atoms with E-state index < -0.39 is 0 Å². The number of allylic oxidation sites excluding steroid dienone is 1. The fraction of sp³-hybridized carbons (Fsp3) is 0.500. The molecule has 0 heterocycles. The van der Waals surface area contributed by atoms with Gasteiger partial charge in [0.2, 0.25) is 0 Å². The van der Waals surface area contributed by atoms with Crippen LogP contribution in [0.3, 0.4) is 0 Å². The molecule has 0 bridgehead atoms. The minimum Gasteiger partial charge on any atom is -0.103 e. The van der Waals surface area contributed by atoms with Crippen LogP contribution in [-0.4, -0.2) is 0 Å². The van der Waals surface area contributed by atoms with Crippen LogP contribution >= 0.6 is 0 Å². The summed E-state index contributed by atoms with van der Waals surface area (Å²) in [6.45, 7) is 10.7. The van der Waals surface area contributed by atoms with Gasteiger partial charge in [-0.3, -0.25) is 0 Å². The molecule has 1 saturated carbocycles. The van der Waals surface area contributed by atoms with Crippen LogP contribution in [0.4, 0.5) is 0 Å². The van der Waals surface area contributed by atoms with Crippen molar-refractivity contribution in [3.05, 3.63) is 47.5 Å². The molecule has 0 atom stereocenters. The average Bonchev–Trinajstić information content (AvgIpc) is 2.99. The third kappa shape index (κ3) is 2.37. The van der Waals surface area contributed by atoms with Gasteiger partial charge in [-0.15, -0.1) is 6.58 Å². The summed E-state index contributed by atoms with van der Waals surface area (Å²) < 4.78 is 0. The molecule has 0 nitrogen and oxygen atoms in total. The van der Waals surface area contributed by atoms with Crippen LogP contribution in [-0.2, 0) is 11.8 Å². The lowest BCUT2D eigenvalue weighted by Crippen LogP contribution is -2.14. The van der Waals surface area contributed by atoms with Gasteiger partial charge in [0.25, 0.3) is 0 Å². The first kappa shape index (κ1) is 11.4. The van der Waals surface area contributed by atoms with Gasteiger partial charge in [-0.1, -0.05) is 45.0 Å². The van der Waals surface area contributed by atoms with Gasteiger partial charge >= 0.3 is 0 Å². The Morgan fingerprint density at radius 2 is 2.00 bits per heavy atom. The second-order valence-corrected chi connectivity index (χ2v) is 5.93. The largest absolute Gasteiger partial charge is 0.103 e. The van der Waals surface area contributed by atoms with E-state index in [0.717, 1.165) is 12.3 Å². The van der Waals surface area contributed by atoms with Gasteiger partial charge in [0.05, 0.1) is 0 Å². The second-order valence-electron chi connectivity index (χ2n) is 5.93. The Morgan fingerprint density at radius 1 is 1.31 bits per heavy atom. The molecular formula is C16H22. The van der Waals surface area contributed by atoms with Crippen molar-refractivity contribution in [2.24, 2.45) is 0 Å². The van der Waals surface area contributed by atoms with Crippen LogP contribution < -0.4 is 0 Å². The number of hydrogen-bond donors (Lipinski definition) is 0. The molecule has 0 unspecified atom stereocenters. The number of rotatable bonds is 3. The zero-order valence-electron chi connectivity index (χ0n) is 10.7. The van der Waals surface area contributed by atoms with Gasteiger partial charge in [-0.25, -0.2) is 0 Å². The molecule has 0 amide bonds. The molecule has 0 heteroatoms. The molecule has 0 radical (unpaired) electrons. The summed E-state index contributed by atoms with van der Waals surface area (Å²) in [6.07, 6.45) is 5.76. The van der Waals surface area contributed by atoms with Gasteiger partial charge in [-0.05, 0) is 47.3 Å². The summed E-state index contributed by atoms with van der Waals surface area (Å²) >= 11 is 0. The molecule has 1 aromatic carbocycles. The van der Waals surface area contributed by atoms with Crippen molar-refractivity contribution in [1.29, 1.82) is 0 Å². The van der Waals surface area contributed by atoms with E-state index in [1.807, 2.05) is 6.08 Å². The number of hydrogen-bond acceptors (Lipinski definition) is 0. The molecule has 0 aromatic heterocycles. The fourth-order valence-corrected chi connectivity index (χ4v) is 2.34. The van der Waals surface area contributed by atoms with Crippen LogP contribution in [0, 0.1) is 0 Å². The minimum absolute atomic E-state index is 0.237. The maximum absolute atomic E-state index is 3.87. The third-order valence-electron chi connectivity index (χ3n) is 3.35. The summed E-state index contributed by atoms with van der Waals surface area (Å²) in [6, 6.07) is 7.05. The monoisotopic (exact) mass is 214 g/mol. The fourth-order valence-electron chi connectivity index (χ4n) is 2.34. The van der Waals surface area contributed by atoms with Gasteiger partial charge in [0.15, 0.2) is 0 Å². The summed E-state index contributed by atoms with van der Waals surface area (Å²) in [5.41, 5.74) is 4.70. The second kappa shape index (κ2) is 4.08. The molecule has 0 saturated heterocycles. The highest BCUT2D eigenvalue weighted by molar-refractivity contribution is 5.39. The molecule has 16 heavy (non-hydrogen) atoms. The quantitative estimate of drug-likeness (QED) is 0.646. The highest BCUT2D eigenvalue weighted by Gasteiger charge is 2.25. The summed E-state index contributed by atoms with van der Waals surface area (Å²) in [5, 5.41) is 0. The maximum Gasteiger partial charge on any atom is -0.00971 e. The Hall–Kier alpha value is -1.04. The zero-order chi connectivity index (χ0) is 11.8. The summed E-state index contributed by atoms with van der Waals surface area (Å²) in [4.78, 5) is 0. The highest BCUT2D eigenvalue weighted by Crippen LogP contribution is 2.41. The first-order valence-electron chi connectivity index (χ1n) is 6.26. The lowest BCUT2D eigenvalue weighted by molar-refractivity contribution is 0.584. The maximum atomic E-state index is 3.87. The Labute approximate surface area is 99.4 Å². The zero-order valence-corrected chi connectivity index (χ0v) is 10.7.